The first kappa shape index (κ1) is 13.9. The van der Waals surface area contributed by atoms with Gasteiger partial charge in [-0.1, -0.05) is 20.3 Å². The fourth-order valence-electron chi connectivity index (χ4n) is 0.940. The zero-order valence-corrected chi connectivity index (χ0v) is 9.84. The SMILES string of the molecule is CCCCOC(=O)CC(=O)NC(C)CC. The maximum Gasteiger partial charge on any atom is 0.315 e. The Balaban J connectivity index is 3.62. The van der Waals surface area contributed by atoms with Crippen molar-refractivity contribution in [2.45, 2.75) is 52.5 Å². The molecule has 0 aliphatic heterocycles. The standard InChI is InChI=1S/C11H21NO3/c1-4-6-7-15-11(14)8-10(13)12-9(3)5-2/h9H,4-8H2,1-3H3,(H,12,13). The molecular formula is C11H21NO3. The van der Waals surface area contributed by atoms with Crippen LogP contribution >= 0.6 is 0 Å². The highest BCUT2D eigenvalue weighted by Crippen LogP contribution is 1.94. The Labute approximate surface area is 91.4 Å². The molecule has 0 spiro atoms. The van der Waals surface area contributed by atoms with Gasteiger partial charge in [-0.3, -0.25) is 9.59 Å². The van der Waals surface area contributed by atoms with Gasteiger partial charge in [-0.15, -0.1) is 0 Å². The molecule has 0 saturated carbocycles. The zero-order chi connectivity index (χ0) is 11.7. The average Bonchev–Trinajstić information content (AvgIpc) is 2.17. The minimum absolute atomic E-state index is 0.112. The van der Waals surface area contributed by atoms with E-state index in [-0.39, 0.29) is 18.4 Å². The third-order valence-corrected chi connectivity index (χ3v) is 2.09. The summed E-state index contributed by atoms with van der Waals surface area (Å²) in [6.45, 7) is 6.31. The molecule has 0 aromatic heterocycles. The molecule has 1 amide bonds. The highest BCUT2D eigenvalue weighted by atomic mass is 16.5. The lowest BCUT2D eigenvalue weighted by Gasteiger charge is -2.10. The number of esters is 1. The fraction of sp³-hybridized carbons (Fsp3) is 0.818. The van der Waals surface area contributed by atoms with Crippen LogP contribution in [0.5, 0.6) is 0 Å². The molecule has 0 aromatic rings. The van der Waals surface area contributed by atoms with Gasteiger partial charge in [-0.25, -0.2) is 0 Å². The Morgan fingerprint density at radius 1 is 1.33 bits per heavy atom. The maximum absolute atomic E-state index is 11.2. The van der Waals surface area contributed by atoms with Crippen LogP contribution in [0.25, 0.3) is 0 Å². The maximum atomic E-state index is 11.2. The predicted molar refractivity (Wildman–Crippen MR) is 58.4 cm³/mol. The first-order valence-electron chi connectivity index (χ1n) is 5.55. The number of amides is 1. The van der Waals surface area contributed by atoms with Crippen LogP contribution < -0.4 is 5.32 Å². The minimum atomic E-state index is -0.441. The van der Waals surface area contributed by atoms with Crippen LogP contribution in [0.4, 0.5) is 0 Å². The normalized spacial score (nSPS) is 11.9. The molecule has 0 aliphatic rings. The molecule has 1 unspecified atom stereocenters. The topological polar surface area (TPSA) is 55.4 Å². The molecule has 4 heteroatoms. The van der Waals surface area contributed by atoms with Gasteiger partial charge in [0.15, 0.2) is 0 Å². The van der Waals surface area contributed by atoms with E-state index in [4.69, 9.17) is 4.74 Å². The van der Waals surface area contributed by atoms with Crippen LogP contribution in [-0.2, 0) is 14.3 Å². The van der Waals surface area contributed by atoms with Gasteiger partial charge in [0.1, 0.15) is 6.42 Å². The van der Waals surface area contributed by atoms with Crippen LogP contribution in [0.1, 0.15) is 46.5 Å². The van der Waals surface area contributed by atoms with Gasteiger partial charge in [0.25, 0.3) is 0 Å². The van der Waals surface area contributed by atoms with Crippen LogP contribution in [-0.4, -0.2) is 24.5 Å². The molecule has 0 aliphatic carbocycles. The average molecular weight is 215 g/mol. The third kappa shape index (κ3) is 7.97. The minimum Gasteiger partial charge on any atom is -0.465 e. The smallest absolute Gasteiger partial charge is 0.315 e. The summed E-state index contributed by atoms with van der Waals surface area (Å²) in [7, 11) is 0. The Morgan fingerprint density at radius 3 is 2.53 bits per heavy atom. The molecule has 0 heterocycles. The molecule has 0 aromatic carbocycles. The van der Waals surface area contributed by atoms with Gasteiger partial charge in [0, 0.05) is 6.04 Å². The van der Waals surface area contributed by atoms with Crippen molar-refractivity contribution in [1.82, 2.24) is 5.32 Å². The van der Waals surface area contributed by atoms with E-state index >= 15 is 0 Å². The second-order valence-electron chi connectivity index (χ2n) is 3.63. The lowest BCUT2D eigenvalue weighted by Crippen LogP contribution is -2.33. The van der Waals surface area contributed by atoms with Crippen molar-refractivity contribution in [2.24, 2.45) is 0 Å². The summed E-state index contributed by atoms with van der Waals surface area (Å²) in [4.78, 5) is 22.4. The fourth-order valence-corrected chi connectivity index (χ4v) is 0.940. The van der Waals surface area contributed by atoms with Gasteiger partial charge in [0.05, 0.1) is 6.61 Å². The first-order chi connectivity index (χ1) is 7.10. The molecule has 4 nitrogen and oxygen atoms in total. The molecular weight excluding hydrogens is 194 g/mol. The Morgan fingerprint density at radius 2 is 2.00 bits per heavy atom. The lowest BCUT2D eigenvalue weighted by molar-refractivity contribution is -0.146. The van der Waals surface area contributed by atoms with Gasteiger partial charge < -0.3 is 10.1 Å². The largest absolute Gasteiger partial charge is 0.465 e. The number of carbonyl (C=O) groups is 2. The number of rotatable bonds is 7. The van der Waals surface area contributed by atoms with Gasteiger partial charge in [-0.2, -0.15) is 0 Å². The van der Waals surface area contributed by atoms with Crippen molar-refractivity contribution >= 4 is 11.9 Å². The summed E-state index contributed by atoms with van der Waals surface area (Å²) >= 11 is 0. The Bertz CT molecular complexity index is 204. The molecule has 0 radical (unpaired) electrons. The molecule has 1 N–H and O–H groups in total. The number of carbonyl (C=O) groups excluding carboxylic acids is 2. The van der Waals surface area contributed by atoms with E-state index in [2.05, 4.69) is 5.32 Å². The summed E-state index contributed by atoms with van der Waals surface area (Å²) in [6.07, 6.45) is 2.51. The van der Waals surface area contributed by atoms with Crippen molar-refractivity contribution < 1.29 is 14.3 Å². The summed E-state index contributed by atoms with van der Waals surface area (Å²) in [5.41, 5.74) is 0. The predicted octanol–water partition coefficient (Wildman–Crippen LogP) is 1.63. The van der Waals surface area contributed by atoms with Crippen molar-refractivity contribution in [2.75, 3.05) is 6.61 Å². The Hall–Kier alpha value is -1.06. The van der Waals surface area contributed by atoms with E-state index < -0.39 is 5.97 Å². The number of unbranched alkanes of at least 4 members (excludes halogenated alkanes) is 1. The van der Waals surface area contributed by atoms with Crippen LogP contribution in [0.3, 0.4) is 0 Å². The van der Waals surface area contributed by atoms with Crippen molar-refractivity contribution in [3.63, 3.8) is 0 Å². The Kier molecular flexibility index (Phi) is 7.68. The van der Waals surface area contributed by atoms with E-state index in [9.17, 15) is 9.59 Å². The van der Waals surface area contributed by atoms with Crippen LogP contribution in [0.2, 0.25) is 0 Å². The second kappa shape index (κ2) is 8.26. The highest BCUT2D eigenvalue weighted by molar-refractivity contribution is 5.94. The molecule has 0 rings (SSSR count). The highest BCUT2D eigenvalue weighted by Gasteiger charge is 2.11. The van der Waals surface area contributed by atoms with E-state index in [1.807, 2.05) is 20.8 Å². The number of hydrogen-bond acceptors (Lipinski definition) is 3. The third-order valence-electron chi connectivity index (χ3n) is 2.09. The number of nitrogens with one attached hydrogen (secondary N) is 1. The van der Waals surface area contributed by atoms with Crippen molar-refractivity contribution in [1.29, 1.82) is 0 Å². The van der Waals surface area contributed by atoms with Gasteiger partial charge in [0.2, 0.25) is 5.91 Å². The van der Waals surface area contributed by atoms with Crippen LogP contribution in [0.15, 0.2) is 0 Å². The summed E-state index contributed by atoms with van der Waals surface area (Å²) < 4.78 is 4.87. The van der Waals surface area contributed by atoms with Crippen molar-refractivity contribution in [3.05, 3.63) is 0 Å². The molecule has 0 fully saturated rings. The number of ether oxygens (including phenoxy) is 1. The monoisotopic (exact) mass is 215 g/mol. The van der Waals surface area contributed by atoms with Crippen molar-refractivity contribution in [3.8, 4) is 0 Å². The van der Waals surface area contributed by atoms with E-state index in [0.717, 1.165) is 19.3 Å². The molecule has 0 bridgehead atoms. The molecule has 15 heavy (non-hydrogen) atoms. The zero-order valence-electron chi connectivity index (χ0n) is 9.84. The van der Waals surface area contributed by atoms with Gasteiger partial charge >= 0.3 is 5.97 Å². The summed E-state index contributed by atoms with van der Waals surface area (Å²) in [5.74, 6) is -0.699. The molecule has 88 valence electrons. The lowest BCUT2D eigenvalue weighted by atomic mass is 10.2. The molecule has 1 atom stereocenters. The second-order valence-corrected chi connectivity index (χ2v) is 3.63. The van der Waals surface area contributed by atoms with Crippen LogP contribution in [0, 0.1) is 0 Å². The number of hydrogen-bond donors (Lipinski definition) is 1. The first-order valence-corrected chi connectivity index (χ1v) is 5.55. The van der Waals surface area contributed by atoms with E-state index in [1.54, 1.807) is 0 Å². The van der Waals surface area contributed by atoms with E-state index in [0.29, 0.717) is 6.61 Å². The van der Waals surface area contributed by atoms with Gasteiger partial charge in [-0.05, 0) is 19.8 Å². The summed E-state index contributed by atoms with van der Waals surface area (Å²) in [5, 5.41) is 2.71. The van der Waals surface area contributed by atoms with E-state index in [1.165, 1.54) is 0 Å². The molecule has 0 saturated heterocycles. The quantitative estimate of drug-likeness (QED) is 0.399. The summed E-state index contributed by atoms with van der Waals surface area (Å²) in [6, 6.07) is 0.112.